The number of amides is 1. The van der Waals surface area contributed by atoms with E-state index in [1.165, 1.54) is 25.7 Å². The quantitative estimate of drug-likeness (QED) is 0.843. The van der Waals surface area contributed by atoms with Gasteiger partial charge in [-0.2, -0.15) is 0 Å². The minimum Gasteiger partial charge on any atom is -0.396 e. The van der Waals surface area contributed by atoms with Crippen molar-refractivity contribution in [1.29, 1.82) is 0 Å². The van der Waals surface area contributed by atoms with Gasteiger partial charge in [-0.15, -0.1) is 0 Å². The maximum atomic E-state index is 12.6. The molecule has 110 valence electrons. The second-order valence-electron chi connectivity index (χ2n) is 6.10. The second kappa shape index (κ2) is 7.25. The summed E-state index contributed by atoms with van der Waals surface area (Å²) in [6.45, 7) is 5.99. The molecule has 0 saturated carbocycles. The number of aliphatic hydroxyl groups excluding tert-OH is 1. The Labute approximate surface area is 116 Å². The van der Waals surface area contributed by atoms with Crippen molar-refractivity contribution in [3.05, 3.63) is 0 Å². The van der Waals surface area contributed by atoms with Crippen LogP contribution in [0.25, 0.3) is 0 Å². The maximum absolute atomic E-state index is 12.6. The van der Waals surface area contributed by atoms with Crippen LogP contribution in [0.15, 0.2) is 0 Å². The van der Waals surface area contributed by atoms with Crippen molar-refractivity contribution >= 4 is 5.91 Å². The molecule has 2 fully saturated rings. The molecule has 2 heterocycles. The Hall–Kier alpha value is -0.610. The first-order valence-corrected chi connectivity index (χ1v) is 7.86. The van der Waals surface area contributed by atoms with E-state index in [2.05, 4.69) is 11.8 Å². The molecular formula is C15H28N2O2. The van der Waals surface area contributed by atoms with Crippen LogP contribution < -0.4 is 0 Å². The second-order valence-corrected chi connectivity index (χ2v) is 6.10. The van der Waals surface area contributed by atoms with Gasteiger partial charge < -0.3 is 10.0 Å². The number of nitrogens with zero attached hydrogens (tertiary/aromatic N) is 2. The summed E-state index contributed by atoms with van der Waals surface area (Å²) in [5.74, 6) is 0.550. The Balaban J connectivity index is 1.90. The van der Waals surface area contributed by atoms with Crippen LogP contribution >= 0.6 is 0 Å². The van der Waals surface area contributed by atoms with E-state index >= 15 is 0 Å². The van der Waals surface area contributed by atoms with Crippen LogP contribution in [0.5, 0.6) is 0 Å². The molecule has 0 radical (unpaired) electrons. The maximum Gasteiger partial charge on any atom is 0.239 e. The molecule has 2 saturated heterocycles. The summed E-state index contributed by atoms with van der Waals surface area (Å²) in [7, 11) is 0. The predicted octanol–water partition coefficient (Wildman–Crippen LogP) is 1.48. The number of aliphatic hydroxyl groups is 1. The molecule has 2 aliphatic rings. The number of hydrogen-bond acceptors (Lipinski definition) is 3. The van der Waals surface area contributed by atoms with Crippen molar-refractivity contribution in [2.75, 3.05) is 32.8 Å². The van der Waals surface area contributed by atoms with Crippen molar-refractivity contribution in [3.63, 3.8) is 0 Å². The van der Waals surface area contributed by atoms with Gasteiger partial charge in [0.05, 0.1) is 6.04 Å². The molecule has 2 unspecified atom stereocenters. The van der Waals surface area contributed by atoms with Crippen molar-refractivity contribution in [3.8, 4) is 0 Å². The summed E-state index contributed by atoms with van der Waals surface area (Å²) in [5.41, 5.74) is 0. The average Bonchev–Trinajstić information content (AvgIpc) is 2.75. The lowest BCUT2D eigenvalue weighted by Crippen LogP contribution is -2.50. The molecule has 0 bridgehead atoms. The first kappa shape index (κ1) is 14.8. The number of hydrogen-bond donors (Lipinski definition) is 1. The molecule has 0 aliphatic carbocycles. The molecular weight excluding hydrogens is 240 g/mol. The lowest BCUT2D eigenvalue weighted by atomic mass is 9.98. The SMILES string of the molecule is CC(C(=O)N1CCCC(CO)C1)N1CCCCCC1. The van der Waals surface area contributed by atoms with Gasteiger partial charge in [-0.1, -0.05) is 12.8 Å². The average molecular weight is 268 g/mol. The van der Waals surface area contributed by atoms with Gasteiger partial charge in [0.15, 0.2) is 0 Å². The zero-order valence-electron chi connectivity index (χ0n) is 12.2. The number of piperidine rings is 1. The third-order valence-corrected chi connectivity index (χ3v) is 4.63. The zero-order chi connectivity index (χ0) is 13.7. The normalized spacial score (nSPS) is 27.9. The molecule has 0 aromatic carbocycles. The number of carbonyl (C=O) groups is 1. The fourth-order valence-corrected chi connectivity index (χ4v) is 3.32. The van der Waals surface area contributed by atoms with E-state index in [0.29, 0.717) is 0 Å². The van der Waals surface area contributed by atoms with Gasteiger partial charge in [-0.25, -0.2) is 0 Å². The van der Waals surface area contributed by atoms with Crippen molar-refractivity contribution in [2.45, 2.75) is 51.5 Å². The highest BCUT2D eigenvalue weighted by Gasteiger charge is 2.29. The third kappa shape index (κ3) is 3.93. The summed E-state index contributed by atoms with van der Waals surface area (Å²) in [6, 6.07) is 0.00976. The van der Waals surface area contributed by atoms with E-state index < -0.39 is 0 Å². The molecule has 19 heavy (non-hydrogen) atoms. The molecule has 4 heteroatoms. The Kier molecular flexibility index (Phi) is 5.64. The summed E-state index contributed by atoms with van der Waals surface area (Å²) in [5, 5.41) is 9.27. The minimum absolute atomic E-state index is 0.00976. The van der Waals surface area contributed by atoms with Gasteiger partial charge in [0.25, 0.3) is 0 Å². The molecule has 2 aliphatic heterocycles. The lowest BCUT2D eigenvalue weighted by Gasteiger charge is -2.36. The number of carbonyl (C=O) groups excluding carboxylic acids is 1. The van der Waals surface area contributed by atoms with E-state index in [9.17, 15) is 9.90 Å². The van der Waals surface area contributed by atoms with Crippen LogP contribution in [0.3, 0.4) is 0 Å². The molecule has 1 N–H and O–H groups in total. The Morgan fingerprint density at radius 3 is 2.47 bits per heavy atom. The van der Waals surface area contributed by atoms with E-state index in [-0.39, 0.29) is 24.5 Å². The summed E-state index contributed by atoms with van der Waals surface area (Å²) >= 11 is 0. The molecule has 2 rings (SSSR count). The van der Waals surface area contributed by atoms with Crippen molar-refractivity contribution in [1.82, 2.24) is 9.80 Å². The van der Waals surface area contributed by atoms with Crippen LogP contribution in [0, 0.1) is 5.92 Å². The number of likely N-dealkylation sites (tertiary alicyclic amines) is 2. The Bertz CT molecular complexity index is 288. The van der Waals surface area contributed by atoms with Gasteiger partial charge >= 0.3 is 0 Å². The minimum atomic E-state index is 0.00976. The highest BCUT2D eigenvalue weighted by molar-refractivity contribution is 5.81. The molecule has 0 aromatic rings. The monoisotopic (exact) mass is 268 g/mol. The van der Waals surface area contributed by atoms with Gasteiger partial charge in [-0.05, 0) is 51.6 Å². The largest absolute Gasteiger partial charge is 0.396 e. The van der Waals surface area contributed by atoms with E-state index in [1.807, 2.05) is 4.90 Å². The van der Waals surface area contributed by atoms with Crippen LogP contribution in [0.4, 0.5) is 0 Å². The highest BCUT2D eigenvalue weighted by atomic mass is 16.3. The van der Waals surface area contributed by atoms with Gasteiger partial charge in [0.2, 0.25) is 5.91 Å². The molecule has 1 amide bonds. The van der Waals surface area contributed by atoms with Crippen LogP contribution in [-0.2, 0) is 4.79 Å². The van der Waals surface area contributed by atoms with Crippen LogP contribution in [0.2, 0.25) is 0 Å². The first-order valence-electron chi connectivity index (χ1n) is 7.86. The summed E-state index contributed by atoms with van der Waals surface area (Å²) in [4.78, 5) is 16.9. The van der Waals surface area contributed by atoms with E-state index in [4.69, 9.17) is 0 Å². The Morgan fingerprint density at radius 1 is 1.16 bits per heavy atom. The lowest BCUT2D eigenvalue weighted by molar-refractivity contribution is -0.138. The van der Waals surface area contributed by atoms with Gasteiger partial charge in [0.1, 0.15) is 0 Å². The first-order chi connectivity index (χ1) is 9.22. The number of rotatable bonds is 3. The van der Waals surface area contributed by atoms with Crippen molar-refractivity contribution < 1.29 is 9.90 Å². The van der Waals surface area contributed by atoms with E-state index in [0.717, 1.165) is 39.0 Å². The van der Waals surface area contributed by atoms with Gasteiger partial charge in [0, 0.05) is 19.7 Å². The molecule has 0 aromatic heterocycles. The fourth-order valence-electron chi connectivity index (χ4n) is 3.32. The topological polar surface area (TPSA) is 43.8 Å². The summed E-state index contributed by atoms with van der Waals surface area (Å²) in [6.07, 6.45) is 7.12. The van der Waals surface area contributed by atoms with Crippen LogP contribution in [-0.4, -0.2) is 59.6 Å². The van der Waals surface area contributed by atoms with Crippen LogP contribution in [0.1, 0.15) is 45.4 Å². The highest BCUT2D eigenvalue weighted by Crippen LogP contribution is 2.19. The van der Waals surface area contributed by atoms with E-state index in [1.54, 1.807) is 0 Å². The Morgan fingerprint density at radius 2 is 1.84 bits per heavy atom. The molecule has 4 nitrogen and oxygen atoms in total. The molecule has 0 spiro atoms. The third-order valence-electron chi connectivity index (χ3n) is 4.63. The predicted molar refractivity (Wildman–Crippen MR) is 75.9 cm³/mol. The smallest absolute Gasteiger partial charge is 0.239 e. The zero-order valence-corrected chi connectivity index (χ0v) is 12.2. The standard InChI is InChI=1S/C15H28N2O2/c1-13(16-8-4-2-3-5-9-16)15(19)17-10-6-7-14(11-17)12-18/h13-14,18H,2-12H2,1H3. The summed E-state index contributed by atoms with van der Waals surface area (Å²) < 4.78 is 0. The van der Waals surface area contributed by atoms with Crippen molar-refractivity contribution in [2.24, 2.45) is 5.92 Å². The molecule has 2 atom stereocenters. The fraction of sp³-hybridized carbons (Fsp3) is 0.933. The van der Waals surface area contributed by atoms with Gasteiger partial charge in [-0.3, -0.25) is 9.69 Å².